The maximum atomic E-state index is 11.5. The zero-order valence-corrected chi connectivity index (χ0v) is 10.0. The summed E-state index contributed by atoms with van der Waals surface area (Å²) in [5.74, 6) is -1.24. The lowest BCUT2D eigenvalue weighted by atomic mass is 10.0. The van der Waals surface area contributed by atoms with E-state index < -0.39 is 5.97 Å². The number of amides is 1. The van der Waals surface area contributed by atoms with Gasteiger partial charge in [-0.2, -0.15) is 0 Å². The maximum Gasteiger partial charge on any atom is 0.303 e. The van der Waals surface area contributed by atoms with E-state index in [2.05, 4.69) is 10.3 Å². The Bertz CT molecular complexity index is 389. The first kappa shape index (κ1) is 12.6. The van der Waals surface area contributed by atoms with Crippen LogP contribution in [0.4, 0.5) is 5.13 Å². The number of carboxylic acids is 1. The second-order valence-electron chi connectivity index (χ2n) is 3.75. The number of rotatable bonds is 5. The van der Waals surface area contributed by atoms with Crippen LogP contribution in [0.2, 0.25) is 0 Å². The highest BCUT2D eigenvalue weighted by molar-refractivity contribution is 7.13. The Morgan fingerprint density at radius 1 is 1.56 bits per heavy atom. The molecule has 5 nitrogen and oxygen atoms in total. The Labute approximate surface area is 97.5 Å². The molecule has 1 amide bonds. The minimum atomic E-state index is -0.884. The van der Waals surface area contributed by atoms with Gasteiger partial charge in [0, 0.05) is 18.2 Å². The van der Waals surface area contributed by atoms with E-state index in [-0.39, 0.29) is 24.7 Å². The predicted octanol–water partition coefficient (Wildman–Crippen LogP) is 1.89. The standard InChI is InChI=1S/C10H14N2O3S/c1-6(4-9(14)15)3-8(13)12-10-11-7(2)5-16-10/h5-6H,3-4H2,1-2H3,(H,14,15)(H,11,12,13). The van der Waals surface area contributed by atoms with Gasteiger partial charge in [-0.3, -0.25) is 9.59 Å². The first-order chi connectivity index (χ1) is 7.47. The molecule has 88 valence electrons. The molecular formula is C10H14N2O3S. The van der Waals surface area contributed by atoms with Crippen LogP contribution in [0.3, 0.4) is 0 Å². The number of carbonyl (C=O) groups excluding carboxylic acids is 1. The van der Waals surface area contributed by atoms with E-state index in [0.717, 1.165) is 5.69 Å². The topological polar surface area (TPSA) is 79.3 Å². The first-order valence-corrected chi connectivity index (χ1v) is 5.79. The smallest absolute Gasteiger partial charge is 0.303 e. The number of carboxylic acid groups (broad SMARTS) is 1. The van der Waals surface area contributed by atoms with Crippen LogP contribution in [0.1, 0.15) is 25.5 Å². The fourth-order valence-electron chi connectivity index (χ4n) is 1.27. The summed E-state index contributed by atoms with van der Waals surface area (Å²) < 4.78 is 0. The summed E-state index contributed by atoms with van der Waals surface area (Å²) in [7, 11) is 0. The van der Waals surface area contributed by atoms with Gasteiger partial charge in [-0.1, -0.05) is 6.92 Å². The van der Waals surface area contributed by atoms with Gasteiger partial charge in [0.1, 0.15) is 0 Å². The molecule has 16 heavy (non-hydrogen) atoms. The highest BCUT2D eigenvalue weighted by atomic mass is 32.1. The summed E-state index contributed by atoms with van der Waals surface area (Å²) in [4.78, 5) is 26.0. The van der Waals surface area contributed by atoms with E-state index in [1.165, 1.54) is 11.3 Å². The quantitative estimate of drug-likeness (QED) is 0.826. The molecule has 0 radical (unpaired) electrons. The van der Waals surface area contributed by atoms with Crippen LogP contribution >= 0.6 is 11.3 Å². The summed E-state index contributed by atoms with van der Waals surface area (Å²) in [6.07, 6.45) is 0.204. The Hall–Kier alpha value is -1.43. The molecule has 0 bridgehead atoms. The van der Waals surface area contributed by atoms with Crippen LogP contribution in [0, 0.1) is 12.8 Å². The zero-order chi connectivity index (χ0) is 12.1. The van der Waals surface area contributed by atoms with Gasteiger partial charge >= 0.3 is 5.97 Å². The Morgan fingerprint density at radius 3 is 2.75 bits per heavy atom. The lowest BCUT2D eigenvalue weighted by Crippen LogP contribution is -2.16. The van der Waals surface area contributed by atoms with Crippen LogP contribution < -0.4 is 5.32 Å². The normalized spacial score (nSPS) is 12.1. The predicted molar refractivity (Wildman–Crippen MR) is 61.5 cm³/mol. The molecule has 1 atom stereocenters. The molecule has 0 aromatic carbocycles. The van der Waals surface area contributed by atoms with E-state index in [0.29, 0.717) is 5.13 Å². The Morgan fingerprint density at radius 2 is 2.25 bits per heavy atom. The first-order valence-electron chi connectivity index (χ1n) is 4.91. The van der Waals surface area contributed by atoms with E-state index in [9.17, 15) is 9.59 Å². The number of nitrogens with zero attached hydrogens (tertiary/aromatic N) is 1. The van der Waals surface area contributed by atoms with Gasteiger partial charge in [-0.15, -0.1) is 11.3 Å². The average Bonchev–Trinajstić information content (AvgIpc) is 2.48. The SMILES string of the molecule is Cc1csc(NC(=O)CC(C)CC(=O)O)n1. The number of hydrogen-bond acceptors (Lipinski definition) is 4. The average molecular weight is 242 g/mol. The molecule has 1 rings (SSSR count). The largest absolute Gasteiger partial charge is 0.481 e. The van der Waals surface area contributed by atoms with Crippen molar-refractivity contribution < 1.29 is 14.7 Å². The second kappa shape index (κ2) is 5.60. The van der Waals surface area contributed by atoms with E-state index in [1.54, 1.807) is 6.92 Å². The van der Waals surface area contributed by atoms with Crippen LogP contribution in [-0.4, -0.2) is 22.0 Å². The third kappa shape index (κ3) is 4.39. The maximum absolute atomic E-state index is 11.5. The van der Waals surface area contributed by atoms with E-state index in [1.807, 2.05) is 12.3 Å². The van der Waals surface area contributed by atoms with E-state index in [4.69, 9.17) is 5.11 Å². The monoisotopic (exact) mass is 242 g/mol. The van der Waals surface area contributed by atoms with Gasteiger partial charge in [-0.25, -0.2) is 4.98 Å². The molecule has 0 spiro atoms. The molecule has 0 saturated heterocycles. The summed E-state index contributed by atoms with van der Waals surface area (Å²) in [5, 5.41) is 13.6. The van der Waals surface area contributed by atoms with Crippen LogP contribution in [0.5, 0.6) is 0 Å². The van der Waals surface area contributed by atoms with Crippen molar-refractivity contribution in [1.29, 1.82) is 0 Å². The van der Waals surface area contributed by atoms with Crippen molar-refractivity contribution in [2.45, 2.75) is 26.7 Å². The Kier molecular flexibility index (Phi) is 4.42. The number of aromatic nitrogens is 1. The molecule has 0 aliphatic carbocycles. The lowest BCUT2D eigenvalue weighted by molar-refractivity contribution is -0.138. The number of hydrogen-bond donors (Lipinski definition) is 2. The summed E-state index contributed by atoms with van der Waals surface area (Å²) in [6, 6.07) is 0. The molecular weight excluding hydrogens is 228 g/mol. The van der Waals surface area contributed by atoms with Gasteiger partial charge < -0.3 is 10.4 Å². The fourth-order valence-corrected chi connectivity index (χ4v) is 1.97. The summed E-state index contributed by atoms with van der Waals surface area (Å²) in [6.45, 7) is 3.58. The molecule has 1 heterocycles. The highest BCUT2D eigenvalue weighted by Crippen LogP contribution is 2.16. The van der Waals surface area contributed by atoms with Gasteiger partial charge in [0.2, 0.25) is 5.91 Å². The number of carbonyl (C=O) groups is 2. The third-order valence-corrected chi connectivity index (χ3v) is 2.80. The van der Waals surface area contributed by atoms with Crippen molar-refractivity contribution in [3.05, 3.63) is 11.1 Å². The number of anilines is 1. The second-order valence-corrected chi connectivity index (χ2v) is 4.61. The van der Waals surface area contributed by atoms with Crippen molar-refractivity contribution in [2.75, 3.05) is 5.32 Å². The zero-order valence-electron chi connectivity index (χ0n) is 9.19. The number of thiazole rings is 1. The number of aliphatic carboxylic acids is 1. The van der Waals surface area contributed by atoms with Crippen LogP contribution in [0.15, 0.2) is 5.38 Å². The number of nitrogens with one attached hydrogen (secondary N) is 1. The Balaban J connectivity index is 2.38. The van der Waals surface area contributed by atoms with Crippen LogP contribution in [0.25, 0.3) is 0 Å². The lowest BCUT2D eigenvalue weighted by Gasteiger charge is -2.07. The molecule has 0 aliphatic rings. The number of aryl methyl sites for hydroxylation is 1. The molecule has 0 saturated carbocycles. The molecule has 1 unspecified atom stereocenters. The van der Waals surface area contributed by atoms with Gasteiger partial charge in [0.15, 0.2) is 5.13 Å². The molecule has 1 aromatic heterocycles. The molecule has 2 N–H and O–H groups in total. The molecule has 6 heteroatoms. The van der Waals surface area contributed by atoms with Gasteiger partial charge in [-0.05, 0) is 12.8 Å². The van der Waals surface area contributed by atoms with Crippen molar-refractivity contribution >= 4 is 28.3 Å². The van der Waals surface area contributed by atoms with Crippen LogP contribution in [-0.2, 0) is 9.59 Å². The van der Waals surface area contributed by atoms with Crippen molar-refractivity contribution in [3.63, 3.8) is 0 Å². The minimum absolute atomic E-state index is 0.00428. The summed E-state index contributed by atoms with van der Waals surface area (Å²) in [5.41, 5.74) is 0.860. The highest BCUT2D eigenvalue weighted by Gasteiger charge is 2.13. The van der Waals surface area contributed by atoms with E-state index >= 15 is 0 Å². The third-order valence-electron chi connectivity index (χ3n) is 1.92. The fraction of sp³-hybridized carbons (Fsp3) is 0.500. The van der Waals surface area contributed by atoms with Crippen molar-refractivity contribution in [2.24, 2.45) is 5.92 Å². The van der Waals surface area contributed by atoms with Gasteiger partial charge in [0.05, 0.1) is 5.69 Å². The molecule has 1 aromatic rings. The van der Waals surface area contributed by atoms with Crippen molar-refractivity contribution in [3.8, 4) is 0 Å². The summed E-state index contributed by atoms with van der Waals surface area (Å²) >= 11 is 1.36. The molecule has 0 fully saturated rings. The van der Waals surface area contributed by atoms with Gasteiger partial charge in [0.25, 0.3) is 0 Å². The molecule has 0 aliphatic heterocycles. The van der Waals surface area contributed by atoms with Crippen molar-refractivity contribution in [1.82, 2.24) is 4.98 Å². The minimum Gasteiger partial charge on any atom is -0.481 e.